The average molecular weight is 499 g/mol. The molecule has 0 aliphatic rings. The minimum absolute atomic E-state index is 0.00940. The van der Waals surface area contributed by atoms with Crippen molar-refractivity contribution < 1.29 is 13.2 Å². The quantitative estimate of drug-likeness (QED) is 0.382. The van der Waals surface area contributed by atoms with Crippen LogP contribution < -0.4 is 16.2 Å². The third kappa shape index (κ3) is 4.38. The maximum Gasteiger partial charge on any atom is 0.268 e. The smallest absolute Gasteiger partial charge is 0.268 e. The zero-order valence-corrected chi connectivity index (χ0v) is 18.2. The predicted octanol–water partition coefficient (Wildman–Crippen LogP) is 2.94. The molecule has 9 nitrogen and oxygen atoms in total. The lowest BCUT2D eigenvalue weighted by Gasteiger charge is -2.11. The van der Waals surface area contributed by atoms with E-state index in [4.69, 9.17) is 10.9 Å². The number of halogens is 1. The van der Waals surface area contributed by atoms with Crippen LogP contribution in [0.4, 0.5) is 11.6 Å². The molecule has 0 radical (unpaired) electrons. The molecular weight excluding hydrogens is 484 g/mol. The number of primary sulfonamides is 1. The van der Waals surface area contributed by atoms with Gasteiger partial charge in [0.15, 0.2) is 5.65 Å². The number of sulfonamides is 1. The molecule has 156 valence electrons. The molecule has 1 amide bonds. The third-order valence-electron chi connectivity index (χ3n) is 4.40. The number of nitrogens with one attached hydrogen (secondary N) is 1. The van der Waals surface area contributed by atoms with E-state index >= 15 is 0 Å². The summed E-state index contributed by atoms with van der Waals surface area (Å²) < 4.78 is 23.5. The van der Waals surface area contributed by atoms with Gasteiger partial charge in [0.05, 0.1) is 4.90 Å². The van der Waals surface area contributed by atoms with Gasteiger partial charge in [0.1, 0.15) is 5.69 Å². The van der Waals surface area contributed by atoms with Crippen LogP contribution in [0.2, 0.25) is 0 Å². The number of carbonyl (C=O) groups excluding carboxylic acids is 1. The van der Waals surface area contributed by atoms with Gasteiger partial charge in [0, 0.05) is 27.3 Å². The standard InChI is InChI=1S/C20H15BrN6O3S/c21-16-4-2-1-3-14(16)15-9-11-10-24-20(27-19(11)26-17(15)18(22)28)25-12-5-7-13(8-6-12)31(23,29)30/h1-10H,(H2,22,28)(H2,23,29,30)(H,24,25,26,27). The van der Waals surface area contributed by atoms with E-state index in [1.807, 2.05) is 24.3 Å². The summed E-state index contributed by atoms with van der Waals surface area (Å²) in [5, 5.41) is 8.68. The largest absolute Gasteiger partial charge is 0.364 e. The molecular formula is C20H15BrN6O3S. The van der Waals surface area contributed by atoms with Crippen molar-refractivity contribution in [2.75, 3.05) is 5.32 Å². The van der Waals surface area contributed by atoms with Crippen LogP contribution in [0.5, 0.6) is 0 Å². The van der Waals surface area contributed by atoms with Gasteiger partial charge in [-0.25, -0.2) is 23.5 Å². The Kier molecular flexibility index (Phi) is 5.39. The molecule has 0 saturated heterocycles. The zero-order chi connectivity index (χ0) is 22.2. The second-order valence-corrected chi connectivity index (χ2v) is 8.95. The molecule has 2 aromatic carbocycles. The highest BCUT2D eigenvalue weighted by atomic mass is 79.9. The van der Waals surface area contributed by atoms with Gasteiger partial charge in [-0.05, 0) is 42.0 Å². The summed E-state index contributed by atoms with van der Waals surface area (Å²) in [6.07, 6.45) is 1.57. The Labute approximate surface area is 185 Å². The van der Waals surface area contributed by atoms with Gasteiger partial charge in [-0.2, -0.15) is 4.98 Å². The van der Waals surface area contributed by atoms with Crippen molar-refractivity contribution >= 4 is 54.5 Å². The minimum Gasteiger partial charge on any atom is -0.364 e. The van der Waals surface area contributed by atoms with E-state index in [2.05, 4.69) is 36.2 Å². The highest BCUT2D eigenvalue weighted by Gasteiger charge is 2.17. The van der Waals surface area contributed by atoms with E-state index in [0.29, 0.717) is 16.6 Å². The van der Waals surface area contributed by atoms with Crippen molar-refractivity contribution in [1.82, 2.24) is 15.0 Å². The highest BCUT2D eigenvalue weighted by molar-refractivity contribution is 9.10. The number of pyridine rings is 1. The Morgan fingerprint density at radius 2 is 1.71 bits per heavy atom. The number of hydrogen-bond donors (Lipinski definition) is 3. The summed E-state index contributed by atoms with van der Waals surface area (Å²) in [5.41, 5.74) is 7.81. The van der Waals surface area contributed by atoms with Gasteiger partial charge in [-0.15, -0.1) is 0 Å². The van der Waals surface area contributed by atoms with Crippen molar-refractivity contribution in [3.05, 3.63) is 71.0 Å². The summed E-state index contributed by atoms with van der Waals surface area (Å²) in [6.45, 7) is 0. The summed E-state index contributed by atoms with van der Waals surface area (Å²) in [5.74, 6) is -0.466. The normalized spacial score (nSPS) is 11.4. The molecule has 4 rings (SSSR count). The molecule has 0 unspecified atom stereocenters. The average Bonchev–Trinajstić information content (AvgIpc) is 2.73. The Balaban J connectivity index is 1.73. The summed E-state index contributed by atoms with van der Waals surface area (Å²) in [7, 11) is -3.78. The molecule has 31 heavy (non-hydrogen) atoms. The number of rotatable bonds is 5. The molecule has 2 aromatic heterocycles. The Bertz CT molecular complexity index is 1430. The van der Waals surface area contributed by atoms with Crippen molar-refractivity contribution in [3.8, 4) is 11.1 Å². The summed E-state index contributed by atoms with van der Waals surface area (Å²) in [6, 6.07) is 15.0. The van der Waals surface area contributed by atoms with Gasteiger partial charge >= 0.3 is 0 Å². The number of amides is 1. The van der Waals surface area contributed by atoms with Crippen LogP contribution in [0.1, 0.15) is 10.5 Å². The van der Waals surface area contributed by atoms with E-state index in [0.717, 1.165) is 10.0 Å². The first-order valence-corrected chi connectivity index (χ1v) is 11.2. The maximum atomic E-state index is 12.1. The van der Waals surface area contributed by atoms with Crippen LogP contribution in [-0.2, 0) is 10.0 Å². The lowest BCUT2D eigenvalue weighted by molar-refractivity contribution is 0.0996. The zero-order valence-electron chi connectivity index (χ0n) is 15.8. The molecule has 5 N–H and O–H groups in total. The number of nitrogens with zero attached hydrogens (tertiary/aromatic N) is 3. The van der Waals surface area contributed by atoms with Gasteiger partial charge in [0.25, 0.3) is 5.91 Å². The number of nitrogens with two attached hydrogens (primary N) is 2. The first-order chi connectivity index (χ1) is 14.7. The molecule has 0 aliphatic heterocycles. The number of anilines is 2. The Morgan fingerprint density at radius 3 is 2.35 bits per heavy atom. The monoisotopic (exact) mass is 498 g/mol. The van der Waals surface area contributed by atoms with E-state index in [9.17, 15) is 13.2 Å². The summed E-state index contributed by atoms with van der Waals surface area (Å²) >= 11 is 3.48. The van der Waals surface area contributed by atoms with Crippen LogP contribution in [0, 0.1) is 0 Å². The lowest BCUT2D eigenvalue weighted by Crippen LogP contribution is -2.15. The molecule has 0 bridgehead atoms. The van der Waals surface area contributed by atoms with Crippen molar-refractivity contribution in [2.24, 2.45) is 10.9 Å². The van der Waals surface area contributed by atoms with Crippen LogP contribution in [0.3, 0.4) is 0 Å². The molecule has 0 atom stereocenters. The fourth-order valence-electron chi connectivity index (χ4n) is 2.95. The van der Waals surface area contributed by atoms with Crippen LogP contribution in [-0.4, -0.2) is 29.3 Å². The first kappa shape index (κ1) is 20.8. The molecule has 0 spiro atoms. The SMILES string of the molecule is NC(=O)c1nc2nc(Nc3ccc(S(N)(=O)=O)cc3)ncc2cc1-c1ccccc1Br. The second-order valence-electron chi connectivity index (χ2n) is 6.53. The number of primary amides is 1. The first-order valence-electron chi connectivity index (χ1n) is 8.85. The van der Waals surface area contributed by atoms with Crippen LogP contribution in [0.25, 0.3) is 22.2 Å². The topological polar surface area (TPSA) is 154 Å². The van der Waals surface area contributed by atoms with Gasteiger partial charge in [0.2, 0.25) is 16.0 Å². The van der Waals surface area contributed by atoms with Gasteiger partial charge < -0.3 is 11.1 Å². The Morgan fingerprint density at radius 1 is 1.00 bits per heavy atom. The highest BCUT2D eigenvalue weighted by Crippen LogP contribution is 2.32. The van der Waals surface area contributed by atoms with E-state index < -0.39 is 15.9 Å². The number of benzene rings is 2. The Hall–Kier alpha value is -3.41. The molecule has 0 fully saturated rings. The van der Waals surface area contributed by atoms with E-state index in [1.54, 1.807) is 12.3 Å². The fraction of sp³-hybridized carbons (Fsp3) is 0. The third-order valence-corrected chi connectivity index (χ3v) is 6.03. The van der Waals surface area contributed by atoms with Crippen LogP contribution >= 0.6 is 15.9 Å². The van der Waals surface area contributed by atoms with Crippen molar-refractivity contribution in [1.29, 1.82) is 0 Å². The molecule has 11 heteroatoms. The lowest BCUT2D eigenvalue weighted by atomic mass is 10.0. The predicted molar refractivity (Wildman–Crippen MR) is 120 cm³/mol. The van der Waals surface area contributed by atoms with Gasteiger partial charge in [-0.3, -0.25) is 4.79 Å². The van der Waals surface area contributed by atoms with Crippen LogP contribution in [0.15, 0.2) is 70.2 Å². The number of fused-ring (bicyclic) bond motifs is 1. The van der Waals surface area contributed by atoms with Crippen molar-refractivity contribution in [2.45, 2.75) is 4.90 Å². The van der Waals surface area contributed by atoms with E-state index in [1.165, 1.54) is 24.3 Å². The molecule has 2 heterocycles. The molecule has 0 aliphatic carbocycles. The second kappa shape index (κ2) is 8.02. The minimum atomic E-state index is -3.78. The summed E-state index contributed by atoms with van der Waals surface area (Å²) in [4.78, 5) is 25.0. The van der Waals surface area contributed by atoms with Crippen molar-refractivity contribution in [3.63, 3.8) is 0 Å². The van der Waals surface area contributed by atoms with Gasteiger partial charge in [-0.1, -0.05) is 34.1 Å². The maximum absolute atomic E-state index is 12.1. The number of aromatic nitrogens is 3. The fourth-order valence-corrected chi connectivity index (χ4v) is 3.97. The molecule has 0 saturated carbocycles. The van der Waals surface area contributed by atoms with E-state index in [-0.39, 0.29) is 22.2 Å². The number of hydrogen-bond acceptors (Lipinski definition) is 7. The number of carbonyl (C=O) groups is 1. The molecule has 4 aromatic rings.